The fourth-order valence-corrected chi connectivity index (χ4v) is 2.48. The number of hydrogen-bond acceptors (Lipinski definition) is 4. The third-order valence-electron chi connectivity index (χ3n) is 3.86. The van der Waals surface area contributed by atoms with E-state index in [2.05, 4.69) is 4.74 Å². The molecule has 0 aromatic heterocycles. The van der Waals surface area contributed by atoms with Crippen molar-refractivity contribution in [3.05, 3.63) is 54.1 Å². The summed E-state index contributed by atoms with van der Waals surface area (Å²) >= 11 is 0. The Hall–Kier alpha value is -2.33. The van der Waals surface area contributed by atoms with E-state index in [4.69, 9.17) is 4.74 Å². The lowest BCUT2D eigenvalue weighted by Crippen LogP contribution is -2.05. The van der Waals surface area contributed by atoms with Gasteiger partial charge in [0.15, 0.2) is 0 Å². The van der Waals surface area contributed by atoms with Gasteiger partial charge in [0.05, 0.1) is 13.7 Å². The Morgan fingerprint density at radius 1 is 1.12 bits per heavy atom. The standard InChI is InChI=1S/C20H24O4/c1-23-20(22)13-4-2-3-8-16(14-21)15-24-19-12-7-10-17-9-5-6-11-18(17)19/h5-12,21H,2-4,13-15H2,1H3. The predicted octanol–water partition coefficient (Wildman–Crippen LogP) is 3.87. The molecule has 0 unspecified atom stereocenters. The molecule has 0 aliphatic heterocycles. The summed E-state index contributed by atoms with van der Waals surface area (Å²) in [6.07, 6.45) is 4.90. The van der Waals surface area contributed by atoms with Gasteiger partial charge >= 0.3 is 5.97 Å². The number of carbonyl (C=O) groups excluding carboxylic acids is 1. The van der Waals surface area contributed by atoms with Crippen molar-refractivity contribution in [1.82, 2.24) is 0 Å². The van der Waals surface area contributed by atoms with Crippen molar-refractivity contribution in [2.75, 3.05) is 20.3 Å². The van der Waals surface area contributed by atoms with Gasteiger partial charge in [-0.2, -0.15) is 0 Å². The molecule has 0 saturated carbocycles. The van der Waals surface area contributed by atoms with E-state index in [1.54, 1.807) is 0 Å². The molecule has 0 fully saturated rings. The number of allylic oxidation sites excluding steroid dienone is 1. The molecule has 0 radical (unpaired) electrons. The van der Waals surface area contributed by atoms with Crippen LogP contribution in [0.4, 0.5) is 0 Å². The Morgan fingerprint density at radius 3 is 2.71 bits per heavy atom. The van der Waals surface area contributed by atoms with Crippen LogP contribution in [-0.4, -0.2) is 31.4 Å². The third-order valence-corrected chi connectivity index (χ3v) is 3.86. The van der Waals surface area contributed by atoms with Crippen LogP contribution in [-0.2, 0) is 9.53 Å². The quantitative estimate of drug-likeness (QED) is 0.431. The number of ether oxygens (including phenoxy) is 2. The van der Waals surface area contributed by atoms with Crippen LogP contribution in [0, 0.1) is 0 Å². The zero-order chi connectivity index (χ0) is 17.2. The number of rotatable bonds is 9. The van der Waals surface area contributed by atoms with Crippen molar-refractivity contribution in [3.63, 3.8) is 0 Å². The van der Waals surface area contributed by atoms with Crippen LogP contribution in [0.5, 0.6) is 5.75 Å². The maximum absolute atomic E-state index is 11.0. The molecule has 2 aromatic carbocycles. The van der Waals surface area contributed by atoms with Crippen LogP contribution >= 0.6 is 0 Å². The summed E-state index contributed by atoms with van der Waals surface area (Å²) in [7, 11) is 1.40. The fourth-order valence-electron chi connectivity index (χ4n) is 2.48. The molecule has 4 nitrogen and oxygen atoms in total. The van der Waals surface area contributed by atoms with Gasteiger partial charge in [-0.05, 0) is 36.3 Å². The maximum Gasteiger partial charge on any atom is 0.305 e. The smallest absolute Gasteiger partial charge is 0.305 e. The van der Waals surface area contributed by atoms with Gasteiger partial charge in [0.2, 0.25) is 0 Å². The molecule has 0 aliphatic rings. The number of benzene rings is 2. The van der Waals surface area contributed by atoms with Gasteiger partial charge in [-0.25, -0.2) is 0 Å². The zero-order valence-corrected chi connectivity index (χ0v) is 14.0. The van der Waals surface area contributed by atoms with Gasteiger partial charge in [-0.15, -0.1) is 0 Å². The Balaban J connectivity index is 1.86. The molecular weight excluding hydrogens is 304 g/mol. The molecule has 0 saturated heterocycles. The summed E-state index contributed by atoms with van der Waals surface area (Å²) in [6.45, 7) is 0.337. The van der Waals surface area contributed by atoms with Crippen molar-refractivity contribution in [2.24, 2.45) is 0 Å². The van der Waals surface area contributed by atoms with E-state index < -0.39 is 0 Å². The molecule has 1 N–H and O–H groups in total. The van der Waals surface area contributed by atoms with Gasteiger partial charge in [-0.1, -0.05) is 42.5 Å². The number of esters is 1. The van der Waals surface area contributed by atoms with Crippen LogP contribution in [0.15, 0.2) is 54.1 Å². The maximum atomic E-state index is 11.0. The average Bonchev–Trinajstić information content (AvgIpc) is 2.63. The van der Waals surface area contributed by atoms with E-state index in [1.807, 2.05) is 48.5 Å². The molecule has 128 valence electrons. The number of carbonyl (C=O) groups is 1. The molecule has 4 heteroatoms. The molecule has 0 aliphatic carbocycles. The van der Waals surface area contributed by atoms with E-state index >= 15 is 0 Å². The minimum absolute atomic E-state index is 0.0260. The summed E-state index contributed by atoms with van der Waals surface area (Å²) in [5.74, 6) is 0.638. The molecular formula is C20H24O4. The van der Waals surface area contributed by atoms with E-state index in [0.29, 0.717) is 13.0 Å². The predicted molar refractivity (Wildman–Crippen MR) is 95.1 cm³/mol. The highest BCUT2D eigenvalue weighted by atomic mass is 16.5. The molecule has 0 bridgehead atoms. The van der Waals surface area contributed by atoms with E-state index in [0.717, 1.165) is 41.4 Å². The van der Waals surface area contributed by atoms with Gasteiger partial charge < -0.3 is 14.6 Å². The van der Waals surface area contributed by atoms with Gasteiger partial charge in [0, 0.05) is 11.8 Å². The fraction of sp³-hybridized carbons (Fsp3) is 0.350. The SMILES string of the molecule is COC(=O)CCCCC=C(CO)COc1cccc2ccccc12. The molecule has 0 atom stereocenters. The first kappa shape index (κ1) is 18.0. The Bertz CT molecular complexity index is 686. The number of fused-ring (bicyclic) bond motifs is 1. The van der Waals surface area contributed by atoms with E-state index in [-0.39, 0.29) is 12.6 Å². The summed E-state index contributed by atoms with van der Waals surface area (Å²) in [4.78, 5) is 11.0. The molecule has 0 spiro atoms. The summed E-state index contributed by atoms with van der Waals surface area (Å²) in [6, 6.07) is 14.0. The second kappa shape index (κ2) is 9.73. The minimum Gasteiger partial charge on any atom is -0.489 e. The van der Waals surface area contributed by atoms with Crippen molar-refractivity contribution in [3.8, 4) is 5.75 Å². The second-order valence-corrected chi connectivity index (χ2v) is 5.61. The van der Waals surface area contributed by atoms with Gasteiger partial charge in [0.1, 0.15) is 12.4 Å². The molecule has 0 heterocycles. The van der Waals surface area contributed by atoms with E-state index in [1.165, 1.54) is 7.11 Å². The monoisotopic (exact) mass is 328 g/mol. The van der Waals surface area contributed by atoms with Crippen LogP contribution in [0.25, 0.3) is 10.8 Å². The zero-order valence-electron chi connectivity index (χ0n) is 14.0. The number of aliphatic hydroxyl groups is 1. The highest BCUT2D eigenvalue weighted by molar-refractivity contribution is 5.88. The lowest BCUT2D eigenvalue weighted by atomic mass is 10.1. The highest BCUT2D eigenvalue weighted by Gasteiger charge is 2.03. The molecule has 2 aromatic rings. The largest absolute Gasteiger partial charge is 0.489 e. The van der Waals surface area contributed by atoms with Crippen LogP contribution < -0.4 is 4.74 Å². The summed E-state index contributed by atoms with van der Waals surface area (Å²) in [5, 5.41) is 11.7. The van der Waals surface area contributed by atoms with Crippen LogP contribution in [0.2, 0.25) is 0 Å². The summed E-state index contributed by atoms with van der Waals surface area (Å²) in [5.41, 5.74) is 0.848. The molecule has 2 rings (SSSR count). The summed E-state index contributed by atoms with van der Waals surface area (Å²) < 4.78 is 10.5. The normalized spacial score (nSPS) is 11.5. The third kappa shape index (κ3) is 5.39. The first-order valence-electron chi connectivity index (χ1n) is 8.20. The number of unbranched alkanes of at least 4 members (excludes halogenated alkanes) is 2. The molecule has 0 amide bonds. The Labute approximate surface area is 142 Å². The average molecular weight is 328 g/mol. The van der Waals surface area contributed by atoms with E-state index in [9.17, 15) is 9.90 Å². The van der Waals surface area contributed by atoms with Crippen LogP contribution in [0.1, 0.15) is 25.7 Å². The number of aliphatic hydroxyl groups excluding tert-OH is 1. The first-order chi connectivity index (χ1) is 11.7. The van der Waals surface area contributed by atoms with Crippen molar-refractivity contribution < 1.29 is 19.4 Å². The van der Waals surface area contributed by atoms with Crippen LogP contribution in [0.3, 0.4) is 0 Å². The highest BCUT2D eigenvalue weighted by Crippen LogP contribution is 2.25. The Morgan fingerprint density at radius 2 is 1.92 bits per heavy atom. The van der Waals surface area contributed by atoms with Gasteiger partial charge in [0.25, 0.3) is 0 Å². The van der Waals surface area contributed by atoms with Crippen molar-refractivity contribution in [1.29, 1.82) is 0 Å². The lowest BCUT2D eigenvalue weighted by Gasteiger charge is -2.11. The minimum atomic E-state index is -0.180. The van der Waals surface area contributed by atoms with Crippen molar-refractivity contribution in [2.45, 2.75) is 25.7 Å². The second-order valence-electron chi connectivity index (χ2n) is 5.61. The lowest BCUT2D eigenvalue weighted by molar-refractivity contribution is -0.140. The first-order valence-corrected chi connectivity index (χ1v) is 8.20. The number of hydrogen-bond donors (Lipinski definition) is 1. The number of methoxy groups -OCH3 is 1. The topological polar surface area (TPSA) is 55.8 Å². The Kier molecular flexibility index (Phi) is 7.30. The van der Waals surface area contributed by atoms with Gasteiger partial charge in [-0.3, -0.25) is 4.79 Å². The molecule has 24 heavy (non-hydrogen) atoms. The van der Waals surface area contributed by atoms with Crippen molar-refractivity contribution >= 4 is 16.7 Å².